The Kier molecular flexibility index (Phi) is 8.54. The number of piperazine rings is 1. The van der Waals surface area contributed by atoms with Gasteiger partial charge in [-0.05, 0) is 48.4 Å². The lowest BCUT2D eigenvalue weighted by atomic mass is 10.1. The molecule has 6 rings (SSSR count). The fraction of sp³-hybridized carbons (Fsp3) is 0.241. The predicted octanol–water partition coefficient (Wildman–Crippen LogP) is 5.44. The first-order chi connectivity index (χ1) is 17.2. The second kappa shape index (κ2) is 11.8. The van der Waals surface area contributed by atoms with Crippen molar-refractivity contribution in [2.75, 3.05) is 49.5 Å². The van der Waals surface area contributed by atoms with Gasteiger partial charge in [-0.3, -0.25) is 9.69 Å². The zero-order chi connectivity index (χ0) is 23.6. The van der Waals surface area contributed by atoms with Crippen molar-refractivity contribution in [2.45, 2.75) is 6.42 Å². The zero-order valence-electron chi connectivity index (χ0n) is 20.4. The van der Waals surface area contributed by atoms with Crippen molar-refractivity contribution in [1.29, 1.82) is 0 Å². The summed E-state index contributed by atoms with van der Waals surface area (Å²) in [4.78, 5) is 21.5. The van der Waals surface area contributed by atoms with E-state index in [0.717, 1.165) is 67.4 Å². The number of anilines is 2. The molecule has 1 amide bonds. The molecule has 192 valence electrons. The summed E-state index contributed by atoms with van der Waals surface area (Å²) in [7, 11) is 0. The summed E-state index contributed by atoms with van der Waals surface area (Å²) in [6, 6.07) is 27.2. The van der Waals surface area contributed by atoms with Crippen molar-refractivity contribution in [3.63, 3.8) is 0 Å². The second-order valence-corrected chi connectivity index (χ2v) is 9.15. The van der Waals surface area contributed by atoms with Gasteiger partial charge in [0.25, 0.3) is 5.91 Å². The third kappa shape index (κ3) is 5.82. The van der Waals surface area contributed by atoms with Crippen LogP contribution in [-0.4, -0.2) is 55.1 Å². The van der Waals surface area contributed by atoms with Crippen LogP contribution in [0.3, 0.4) is 0 Å². The van der Waals surface area contributed by atoms with Crippen molar-refractivity contribution in [1.82, 2.24) is 9.88 Å². The summed E-state index contributed by atoms with van der Waals surface area (Å²) in [5.41, 5.74) is 6.44. The Labute approximate surface area is 229 Å². The van der Waals surface area contributed by atoms with E-state index in [4.69, 9.17) is 9.72 Å². The summed E-state index contributed by atoms with van der Waals surface area (Å²) < 4.78 is 5.47. The number of carbonyl (C=O) groups is 1. The number of aromatic nitrogens is 1. The number of benzene rings is 3. The number of amides is 1. The average Bonchev–Trinajstić information content (AvgIpc) is 2.92. The number of halogens is 2. The number of pyridine rings is 1. The van der Waals surface area contributed by atoms with Crippen LogP contribution in [0.5, 0.6) is 5.75 Å². The molecular weight excluding hydrogens is 507 g/mol. The van der Waals surface area contributed by atoms with Gasteiger partial charge in [-0.2, -0.15) is 0 Å². The third-order valence-corrected chi connectivity index (χ3v) is 6.88. The van der Waals surface area contributed by atoms with Crippen LogP contribution >= 0.6 is 24.8 Å². The van der Waals surface area contributed by atoms with E-state index in [0.29, 0.717) is 0 Å². The largest absolute Gasteiger partial charge is 0.482 e. The first kappa shape index (κ1) is 26.7. The summed E-state index contributed by atoms with van der Waals surface area (Å²) >= 11 is 0. The summed E-state index contributed by atoms with van der Waals surface area (Å²) in [5.74, 6) is 0.660. The van der Waals surface area contributed by atoms with E-state index < -0.39 is 0 Å². The molecule has 1 aromatic heterocycles. The van der Waals surface area contributed by atoms with Crippen LogP contribution in [0.1, 0.15) is 5.56 Å². The number of nitrogens with one attached hydrogen (secondary N) is 1. The van der Waals surface area contributed by atoms with E-state index in [1.807, 2.05) is 18.2 Å². The van der Waals surface area contributed by atoms with Gasteiger partial charge in [0.2, 0.25) is 0 Å². The normalized spacial score (nSPS) is 15.1. The molecule has 6 nitrogen and oxygen atoms in total. The van der Waals surface area contributed by atoms with E-state index in [2.05, 4.69) is 75.8 Å². The fourth-order valence-corrected chi connectivity index (χ4v) is 4.97. The van der Waals surface area contributed by atoms with E-state index in [1.54, 1.807) is 0 Å². The molecule has 0 spiro atoms. The van der Waals surface area contributed by atoms with Gasteiger partial charge < -0.3 is 15.0 Å². The lowest BCUT2D eigenvalue weighted by Crippen LogP contribution is -2.47. The number of hydrogen-bond acceptors (Lipinski definition) is 5. The molecule has 2 aliphatic heterocycles. The van der Waals surface area contributed by atoms with Gasteiger partial charge >= 0.3 is 0 Å². The summed E-state index contributed by atoms with van der Waals surface area (Å²) in [6.45, 7) is 5.13. The SMILES string of the molecule is Cl.Cl.O=C1COc2ccc(CCN3CCN(c4cccc5nc(-c6ccccc6)ccc45)CC3)cc2N1. The molecule has 2 aliphatic rings. The summed E-state index contributed by atoms with van der Waals surface area (Å²) in [6.07, 6.45) is 0.948. The first-order valence-electron chi connectivity index (χ1n) is 12.2. The molecule has 0 unspecified atom stereocenters. The second-order valence-electron chi connectivity index (χ2n) is 9.15. The van der Waals surface area contributed by atoms with E-state index >= 15 is 0 Å². The lowest BCUT2D eigenvalue weighted by Gasteiger charge is -2.36. The van der Waals surface area contributed by atoms with Crippen molar-refractivity contribution in [2.24, 2.45) is 0 Å². The molecule has 1 fully saturated rings. The molecular formula is C29H30Cl2N4O2. The third-order valence-electron chi connectivity index (χ3n) is 6.88. The highest BCUT2D eigenvalue weighted by Gasteiger charge is 2.20. The molecule has 0 radical (unpaired) electrons. The van der Waals surface area contributed by atoms with Crippen LogP contribution < -0.4 is 15.0 Å². The number of rotatable bonds is 5. The highest BCUT2D eigenvalue weighted by atomic mass is 35.5. The zero-order valence-corrected chi connectivity index (χ0v) is 22.1. The highest BCUT2D eigenvalue weighted by molar-refractivity contribution is 5.95. The van der Waals surface area contributed by atoms with Gasteiger partial charge in [-0.25, -0.2) is 4.98 Å². The Morgan fingerprint density at radius 3 is 2.49 bits per heavy atom. The number of ether oxygens (including phenoxy) is 1. The molecule has 0 saturated carbocycles. The maximum Gasteiger partial charge on any atom is 0.262 e. The Hall–Kier alpha value is -3.32. The smallest absolute Gasteiger partial charge is 0.262 e. The van der Waals surface area contributed by atoms with Gasteiger partial charge in [-0.1, -0.05) is 42.5 Å². The van der Waals surface area contributed by atoms with Gasteiger partial charge in [0, 0.05) is 49.4 Å². The Morgan fingerprint density at radius 1 is 0.865 bits per heavy atom. The predicted molar refractivity (Wildman–Crippen MR) is 155 cm³/mol. The first-order valence-corrected chi connectivity index (χ1v) is 12.2. The van der Waals surface area contributed by atoms with Crippen molar-refractivity contribution < 1.29 is 9.53 Å². The van der Waals surface area contributed by atoms with E-state index in [9.17, 15) is 4.79 Å². The fourth-order valence-electron chi connectivity index (χ4n) is 4.97. The maximum absolute atomic E-state index is 11.6. The minimum Gasteiger partial charge on any atom is -0.482 e. The van der Waals surface area contributed by atoms with Gasteiger partial charge in [0.15, 0.2) is 6.61 Å². The molecule has 4 aromatic rings. The van der Waals surface area contributed by atoms with Crippen LogP contribution in [0.15, 0.2) is 78.9 Å². The van der Waals surface area contributed by atoms with Gasteiger partial charge in [0.05, 0.1) is 16.9 Å². The van der Waals surface area contributed by atoms with Crippen LogP contribution in [0.2, 0.25) is 0 Å². The van der Waals surface area contributed by atoms with Gasteiger partial charge in [-0.15, -0.1) is 24.8 Å². The molecule has 3 heterocycles. The quantitative estimate of drug-likeness (QED) is 0.368. The molecule has 8 heteroatoms. The minimum atomic E-state index is -0.0919. The lowest BCUT2D eigenvalue weighted by molar-refractivity contribution is -0.118. The molecule has 0 aliphatic carbocycles. The Bertz CT molecular complexity index is 1380. The van der Waals surface area contributed by atoms with Crippen LogP contribution in [0.4, 0.5) is 11.4 Å². The number of nitrogens with zero attached hydrogens (tertiary/aromatic N) is 3. The molecule has 3 aromatic carbocycles. The van der Waals surface area contributed by atoms with Crippen LogP contribution in [-0.2, 0) is 11.2 Å². The molecule has 0 atom stereocenters. The maximum atomic E-state index is 11.6. The van der Waals surface area contributed by atoms with Crippen LogP contribution in [0, 0.1) is 0 Å². The van der Waals surface area contributed by atoms with Crippen molar-refractivity contribution in [3.8, 4) is 17.0 Å². The molecule has 1 saturated heterocycles. The summed E-state index contributed by atoms with van der Waals surface area (Å²) in [5, 5.41) is 4.11. The standard InChI is InChI=1S/C29H28N4O2.2ClH/c34-29-20-35-28-12-9-21(19-26(28)31-29)13-14-32-15-17-33(18-16-32)27-8-4-7-25-23(27)10-11-24(30-25)22-5-2-1-3-6-22;;/h1-12,19H,13-18,20H2,(H,31,34);2*1H. The number of fused-ring (bicyclic) bond motifs is 2. The van der Waals surface area contributed by atoms with E-state index in [1.165, 1.54) is 16.6 Å². The Morgan fingerprint density at radius 2 is 1.68 bits per heavy atom. The molecule has 37 heavy (non-hydrogen) atoms. The topological polar surface area (TPSA) is 57.7 Å². The van der Waals surface area contributed by atoms with Crippen molar-refractivity contribution >= 4 is 53.0 Å². The average molecular weight is 537 g/mol. The Balaban J connectivity index is 0.00000160. The van der Waals surface area contributed by atoms with Crippen molar-refractivity contribution in [3.05, 3.63) is 84.4 Å². The minimum absolute atomic E-state index is 0. The number of hydrogen-bond donors (Lipinski definition) is 1. The van der Waals surface area contributed by atoms with E-state index in [-0.39, 0.29) is 37.3 Å². The molecule has 1 N–H and O–H groups in total. The van der Waals surface area contributed by atoms with Gasteiger partial charge in [0.1, 0.15) is 5.75 Å². The van der Waals surface area contributed by atoms with Crippen LogP contribution in [0.25, 0.3) is 22.2 Å². The monoisotopic (exact) mass is 536 g/mol. The highest BCUT2D eigenvalue weighted by Crippen LogP contribution is 2.30. The molecule has 0 bridgehead atoms. The number of carbonyl (C=O) groups excluding carboxylic acids is 1.